The van der Waals surface area contributed by atoms with Crippen molar-refractivity contribution in [1.29, 1.82) is 0 Å². The number of fused-ring (bicyclic) bond motifs is 1. The maximum absolute atomic E-state index is 13.7. The number of nitrogens with zero attached hydrogens (tertiary/aromatic N) is 1. The molecule has 0 radical (unpaired) electrons. The smallest absolute Gasteiger partial charge is 0.234 e. The number of amides is 1. The number of hydrogen-bond donors (Lipinski definition) is 0. The number of hydrogen-bond acceptors (Lipinski definition) is 3. The second-order valence-electron chi connectivity index (χ2n) is 9.42. The van der Waals surface area contributed by atoms with Crippen LogP contribution in [0.4, 0.5) is 0 Å². The molecular weight excluding hydrogens is 410 g/mol. The molecule has 2 aliphatic rings. The lowest BCUT2D eigenvalue weighted by molar-refractivity contribution is -0.135. The highest BCUT2D eigenvalue weighted by Crippen LogP contribution is 2.42. The molecule has 0 atom stereocenters. The molecule has 1 saturated heterocycles. The van der Waals surface area contributed by atoms with Crippen molar-refractivity contribution in [1.82, 2.24) is 4.90 Å². The molecule has 0 aliphatic carbocycles. The summed E-state index contributed by atoms with van der Waals surface area (Å²) in [5.74, 6) is 0.648. The van der Waals surface area contributed by atoms with Crippen LogP contribution in [0, 0.1) is 13.8 Å². The fourth-order valence-electron chi connectivity index (χ4n) is 5.30. The van der Waals surface area contributed by atoms with E-state index >= 15 is 0 Å². The van der Waals surface area contributed by atoms with Gasteiger partial charge in [0, 0.05) is 25.9 Å². The number of ether oxygens (including phenoxy) is 1. The highest BCUT2D eigenvalue weighted by molar-refractivity contribution is 6.01. The van der Waals surface area contributed by atoms with Gasteiger partial charge in [-0.25, -0.2) is 0 Å². The van der Waals surface area contributed by atoms with Crippen molar-refractivity contribution in [2.24, 2.45) is 0 Å². The van der Waals surface area contributed by atoms with Crippen LogP contribution in [0.3, 0.4) is 0 Å². The average Bonchev–Trinajstić information content (AvgIpc) is 2.82. The van der Waals surface area contributed by atoms with Gasteiger partial charge in [0.05, 0.1) is 17.9 Å². The van der Waals surface area contributed by atoms with Crippen LogP contribution < -0.4 is 4.74 Å². The predicted octanol–water partition coefficient (Wildman–Crippen LogP) is 5.46. The largest absolute Gasteiger partial charge is 0.486 e. The molecule has 0 unspecified atom stereocenters. The van der Waals surface area contributed by atoms with Crippen LogP contribution in [0.25, 0.3) is 0 Å². The number of aryl methyl sites for hydroxylation is 2. The van der Waals surface area contributed by atoms with Crippen molar-refractivity contribution in [3.63, 3.8) is 0 Å². The van der Waals surface area contributed by atoms with Crippen molar-refractivity contribution in [2.45, 2.75) is 44.6 Å². The first-order chi connectivity index (χ1) is 16.0. The summed E-state index contributed by atoms with van der Waals surface area (Å²) in [6, 6.07) is 23.9. The molecule has 33 heavy (non-hydrogen) atoms. The molecule has 0 N–H and O–H groups in total. The number of carbonyl (C=O) groups excluding carboxylic acids is 2. The number of carbonyl (C=O) groups is 2. The Hall–Kier alpha value is -3.40. The van der Waals surface area contributed by atoms with Crippen LogP contribution >= 0.6 is 0 Å². The fourth-order valence-corrected chi connectivity index (χ4v) is 5.30. The molecule has 168 valence electrons. The van der Waals surface area contributed by atoms with E-state index in [1.54, 1.807) is 0 Å². The molecule has 4 heteroatoms. The Morgan fingerprint density at radius 1 is 0.909 bits per heavy atom. The summed E-state index contributed by atoms with van der Waals surface area (Å²) in [5.41, 5.74) is 4.26. The van der Waals surface area contributed by atoms with E-state index in [4.69, 9.17) is 4.74 Å². The van der Waals surface area contributed by atoms with Crippen molar-refractivity contribution < 1.29 is 14.3 Å². The van der Waals surface area contributed by atoms with E-state index in [-0.39, 0.29) is 17.6 Å². The fraction of sp³-hybridized carbons (Fsp3) is 0.310. The van der Waals surface area contributed by atoms with E-state index in [1.165, 1.54) is 0 Å². The summed E-state index contributed by atoms with van der Waals surface area (Å²) in [6.07, 6.45) is 1.70. The maximum Gasteiger partial charge on any atom is 0.234 e. The van der Waals surface area contributed by atoms with Gasteiger partial charge >= 0.3 is 0 Å². The molecule has 3 aromatic rings. The number of Topliss-reactive ketones (excluding diaryl/α,β-unsaturated/α-hetero) is 1. The molecule has 5 rings (SSSR count). The second-order valence-corrected chi connectivity index (χ2v) is 9.42. The Kier molecular flexibility index (Phi) is 5.53. The van der Waals surface area contributed by atoms with Gasteiger partial charge in [-0.1, -0.05) is 66.7 Å². The quantitative estimate of drug-likeness (QED) is 0.544. The third-order valence-electron chi connectivity index (χ3n) is 7.02. The van der Waals surface area contributed by atoms with Crippen LogP contribution in [0.1, 0.15) is 57.8 Å². The lowest BCUT2D eigenvalue weighted by Gasteiger charge is -2.45. The minimum absolute atomic E-state index is 0.108. The topological polar surface area (TPSA) is 46.6 Å². The van der Waals surface area contributed by atoms with Gasteiger partial charge < -0.3 is 9.64 Å². The van der Waals surface area contributed by atoms with E-state index in [2.05, 4.69) is 6.07 Å². The monoisotopic (exact) mass is 439 g/mol. The molecule has 0 bridgehead atoms. The number of likely N-dealkylation sites (tertiary alicyclic amines) is 1. The summed E-state index contributed by atoms with van der Waals surface area (Å²) in [6.45, 7) is 5.18. The highest BCUT2D eigenvalue weighted by Gasteiger charge is 2.45. The van der Waals surface area contributed by atoms with E-state index in [0.717, 1.165) is 28.0 Å². The molecule has 1 fully saturated rings. The van der Waals surface area contributed by atoms with Gasteiger partial charge in [0.1, 0.15) is 11.4 Å². The normalized spacial score (nSPS) is 17.1. The first-order valence-corrected chi connectivity index (χ1v) is 11.7. The third-order valence-corrected chi connectivity index (χ3v) is 7.02. The van der Waals surface area contributed by atoms with E-state index < -0.39 is 5.60 Å². The van der Waals surface area contributed by atoms with Crippen molar-refractivity contribution in [2.75, 3.05) is 13.1 Å². The van der Waals surface area contributed by atoms with Gasteiger partial charge in [-0.15, -0.1) is 0 Å². The van der Waals surface area contributed by atoms with Gasteiger partial charge in [0.25, 0.3) is 0 Å². The van der Waals surface area contributed by atoms with Gasteiger partial charge in [-0.2, -0.15) is 0 Å². The number of benzene rings is 3. The number of ketones is 1. The Morgan fingerprint density at radius 2 is 1.48 bits per heavy atom. The van der Waals surface area contributed by atoms with E-state index in [1.807, 2.05) is 85.5 Å². The molecular formula is C29H29NO3. The van der Waals surface area contributed by atoms with Gasteiger partial charge in [-0.3, -0.25) is 9.59 Å². The molecule has 1 spiro atoms. The van der Waals surface area contributed by atoms with Crippen molar-refractivity contribution in [3.8, 4) is 5.75 Å². The Balaban J connectivity index is 1.37. The Morgan fingerprint density at radius 3 is 2.06 bits per heavy atom. The lowest BCUT2D eigenvalue weighted by Crippen LogP contribution is -2.53. The first-order valence-electron chi connectivity index (χ1n) is 11.7. The summed E-state index contributed by atoms with van der Waals surface area (Å²) in [7, 11) is 0. The van der Waals surface area contributed by atoms with Crippen LogP contribution in [-0.4, -0.2) is 35.3 Å². The minimum Gasteiger partial charge on any atom is -0.486 e. The van der Waals surface area contributed by atoms with Gasteiger partial charge in [0.15, 0.2) is 5.78 Å². The first kappa shape index (κ1) is 21.4. The molecule has 3 aromatic carbocycles. The van der Waals surface area contributed by atoms with E-state index in [9.17, 15) is 9.59 Å². The van der Waals surface area contributed by atoms with Crippen molar-refractivity contribution in [3.05, 3.63) is 101 Å². The number of piperidine rings is 1. The summed E-state index contributed by atoms with van der Waals surface area (Å²) >= 11 is 0. The zero-order valence-electron chi connectivity index (χ0n) is 19.2. The summed E-state index contributed by atoms with van der Waals surface area (Å²) < 4.78 is 6.52. The minimum atomic E-state index is -0.518. The molecule has 1 amide bonds. The van der Waals surface area contributed by atoms with E-state index in [0.29, 0.717) is 37.9 Å². The van der Waals surface area contributed by atoms with Crippen LogP contribution in [0.2, 0.25) is 0 Å². The zero-order valence-corrected chi connectivity index (χ0v) is 19.2. The van der Waals surface area contributed by atoms with Crippen LogP contribution in [-0.2, 0) is 4.79 Å². The average molecular weight is 440 g/mol. The molecule has 0 saturated carbocycles. The van der Waals surface area contributed by atoms with Gasteiger partial charge in [0.2, 0.25) is 5.91 Å². The highest BCUT2D eigenvalue weighted by atomic mass is 16.5. The standard InChI is InChI=1S/C29H29NO3/c1-20-17-21(2)27-24(18-20)25(31)19-29(33-27)13-15-30(16-14-29)28(32)26(22-9-5-3-6-10-22)23-11-7-4-8-12-23/h3-12,17-18,26H,13-16,19H2,1-2H3. The predicted molar refractivity (Wildman–Crippen MR) is 129 cm³/mol. The second kappa shape index (κ2) is 8.51. The molecule has 2 heterocycles. The zero-order chi connectivity index (χ0) is 23.0. The van der Waals surface area contributed by atoms with Gasteiger partial charge in [-0.05, 0) is 42.2 Å². The Bertz CT molecular complexity index is 1140. The Labute approximate surface area is 195 Å². The molecule has 4 nitrogen and oxygen atoms in total. The third kappa shape index (κ3) is 4.06. The summed E-state index contributed by atoms with van der Waals surface area (Å²) in [4.78, 5) is 28.7. The van der Waals surface area contributed by atoms with Crippen LogP contribution in [0.5, 0.6) is 5.75 Å². The summed E-state index contributed by atoms with van der Waals surface area (Å²) in [5, 5.41) is 0. The number of rotatable bonds is 3. The molecule has 0 aromatic heterocycles. The maximum atomic E-state index is 13.7. The molecule has 2 aliphatic heterocycles. The SMILES string of the molecule is Cc1cc(C)c2c(c1)C(=O)CC1(CCN(C(=O)C(c3ccccc3)c3ccccc3)CC1)O2. The van der Waals surface area contributed by atoms with Crippen LogP contribution in [0.15, 0.2) is 72.8 Å². The van der Waals surface area contributed by atoms with Crippen molar-refractivity contribution >= 4 is 11.7 Å². The lowest BCUT2D eigenvalue weighted by atomic mass is 9.81.